The summed E-state index contributed by atoms with van der Waals surface area (Å²) in [6, 6.07) is 7.89. The highest BCUT2D eigenvalue weighted by Gasteiger charge is 2.23. The summed E-state index contributed by atoms with van der Waals surface area (Å²) in [5.41, 5.74) is 5.36. The van der Waals surface area contributed by atoms with Crippen molar-refractivity contribution in [2.45, 2.75) is 26.4 Å². The molecule has 2 heterocycles. The molecule has 0 radical (unpaired) electrons. The zero-order chi connectivity index (χ0) is 21.2. The van der Waals surface area contributed by atoms with E-state index >= 15 is 0 Å². The van der Waals surface area contributed by atoms with Gasteiger partial charge in [-0.3, -0.25) is 20.4 Å². The maximum absolute atomic E-state index is 12.1. The standard InChI is InChI=1S/C19H19N5O5/c1-19(2,3)29-18(25)23-12-6-7-13(11-5-4-9-21-15(11)12)28-14-8-10-22-17(20)16(14)24(26)27/h4-10H,1-3H3,(H2,20,22)(H,23,25). The fourth-order valence-corrected chi connectivity index (χ4v) is 2.59. The van der Waals surface area contributed by atoms with Crippen molar-refractivity contribution in [2.75, 3.05) is 11.1 Å². The SMILES string of the molecule is CC(C)(C)OC(=O)Nc1ccc(Oc2ccnc(N)c2[N+](=O)[O-])c2cccnc12. The van der Waals surface area contributed by atoms with Crippen LogP contribution in [0.15, 0.2) is 42.7 Å². The Morgan fingerprint density at radius 1 is 1.14 bits per heavy atom. The molecule has 0 aliphatic heterocycles. The Morgan fingerprint density at radius 3 is 2.59 bits per heavy atom. The summed E-state index contributed by atoms with van der Waals surface area (Å²) < 4.78 is 11.0. The van der Waals surface area contributed by atoms with Crippen molar-refractivity contribution < 1.29 is 19.2 Å². The van der Waals surface area contributed by atoms with Gasteiger partial charge in [0.15, 0.2) is 0 Å². The van der Waals surface area contributed by atoms with Crippen molar-refractivity contribution in [1.82, 2.24) is 9.97 Å². The van der Waals surface area contributed by atoms with E-state index in [0.717, 1.165) is 0 Å². The van der Waals surface area contributed by atoms with E-state index in [4.69, 9.17) is 15.2 Å². The van der Waals surface area contributed by atoms with Gasteiger partial charge in [-0.05, 0) is 45.0 Å². The molecule has 0 unspecified atom stereocenters. The lowest BCUT2D eigenvalue weighted by Gasteiger charge is -2.20. The minimum Gasteiger partial charge on any atom is -0.449 e. The molecular formula is C19H19N5O5. The first-order valence-corrected chi connectivity index (χ1v) is 8.60. The van der Waals surface area contributed by atoms with Crippen LogP contribution in [0.2, 0.25) is 0 Å². The number of nitrogens with one attached hydrogen (secondary N) is 1. The third-order valence-electron chi connectivity index (χ3n) is 3.68. The van der Waals surface area contributed by atoms with Gasteiger partial charge in [-0.15, -0.1) is 0 Å². The van der Waals surface area contributed by atoms with Crippen LogP contribution in [0.5, 0.6) is 11.5 Å². The van der Waals surface area contributed by atoms with E-state index in [2.05, 4.69) is 15.3 Å². The minimum atomic E-state index is -0.656. The molecule has 1 amide bonds. The van der Waals surface area contributed by atoms with Gasteiger partial charge in [0.05, 0.1) is 16.1 Å². The van der Waals surface area contributed by atoms with Gasteiger partial charge >= 0.3 is 11.8 Å². The molecule has 1 aromatic carbocycles. The van der Waals surface area contributed by atoms with Crippen LogP contribution in [0.4, 0.5) is 22.0 Å². The number of aromatic nitrogens is 2. The lowest BCUT2D eigenvalue weighted by molar-refractivity contribution is -0.384. The highest BCUT2D eigenvalue weighted by Crippen LogP contribution is 2.38. The fourth-order valence-electron chi connectivity index (χ4n) is 2.59. The van der Waals surface area contributed by atoms with E-state index in [1.54, 1.807) is 51.2 Å². The van der Waals surface area contributed by atoms with E-state index in [1.165, 1.54) is 12.3 Å². The molecule has 0 aliphatic rings. The van der Waals surface area contributed by atoms with Gasteiger partial charge in [0, 0.05) is 23.8 Å². The van der Waals surface area contributed by atoms with Crippen LogP contribution in [0.3, 0.4) is 0 Å². The van der Waals surface area contributed by atoms with Crippen molar-refractivity contribution in [3.05, 3.63) is 52.8 Å². The normalized spacial score (nSPS) is 11.1. The monoisotopic (exact) mass is 397 g/mol. The third-order valence-corrected chi connectivity index (χ3v) is 3.68. The summed E-state index contributed by atoms with van der Waals surface area (Å²) in [5, 5.41) is 14.5. The highest BCUT2D eigenvalue weighted by atomic mass is 16.6. The number of pyridine rings is 2. The quantitative estimate of drug-likeness (QED) is 0.491. The van der Waals surface area contributed by atoms with Gasteiger partial charge in [-0.2, -0.15) is 0 Å². The summed E-state index contributed by atoms with van der Waals surface area (Å²) in [4.78, 5) is 30.8. The number of fused-ring (bicyclic) bond motifs is 1. The summed E-state index contributed by atoms with van der Waals surface area (Å²) in [5.74, 6) is -0.00446. The van der Waals surface area contributed by atoms with Crippen molar-refractivity contribution in [2.24, 2.45) is 0 Å². The molecular weight excluding hydrogens is 378 g/mol. The average molecular weight is 397 g/mol. The van der Waals surface area contributed by atoms with Gasteiger partial charge < -0.3 is 15.2 Å². The Bertz CT molecular complexity index is 1090. The van der Waals surface area contributed by atoms with E-state index in [1.807, 2.05) is 0 Å². The Morgan fingerprint density at radius 2 is 1.90 bits per heavy atom. The summed E-state index contributed by atoms with van der Waals surface area (Å²) in [7, 11) is 0. The molecule has 3 rings (SSSR count). The minimum absolute atomic E-state index is 0.0551. The maximum Gasteiger partial charge on any atom is 0.412 e. The molecule has 0 fully saturated rings. The molecule has 0 bridgehead atoms. The molecule has 3 N–H and O–H groups in total. The van der Waals surface area contributed by atoms with Crippen molar-refractivity contribution in [3.8, 4) is 11.5 Å². The number of hydrogen-bond acceptors (Lipinski definition) is 8. The Kier molecular flexibility index (Phi) is 5.18. The molecule has 29 heavy (non-hydrogen) atoms. The van der Waals surface area contributed by atoms with Crippen molar-refractivity contribution >= 4 is 34.2 Å². The van der Waals surface area contributed by atoms with Crippen LogP contribution < -0.4 is 15.8 Å². The molecule has 0 saturated heterocycles. The smallest absolute Gasteiger partial charge is 0.412 e. The van der Waals surface area contributed by atoms with Crippen LogP contribution in [-0.4, -0.2) is 26.6 Å². The number of amides is 1. The molecule has 0 saturated carbocycles. The fraction of sp³-hybridized carbons (Fsp3) is 0.211. The van der Waals surface area contributed by atoms with E-state index in [-0.39, 0.29) is 11.6 Å². The zero-order valence-electron chi connectivity index (χ0n) is 16.0. The van der Waals surface area contributed by atoms with Crippen molar-refractivity contribution in [1.29, 1.82) is 0 Å². The van der Waals surface area contributed by atoms with E-state index in [0.29, 0.717) is 22.3 Å². The first kappa shape index (κ1) is 19.8. The van der Waals surface area contributed by atoms with Crippen LogP contribution in [0.1, 0.15) is 20.8 Å². The number of anilines is 2. The van der Waals surface area contributed by atoms with Gasteiger partial charge in [-0.1, -0.05) is 0 Å². The first-order chi connectivity index (χ1) is 13.7. The number of nitrogens with zero attached hydrogens (tertiary/aromatic N) is 3. The lowest BCUT2D eigenvalue weighted by atomic mass is 10.1. The number of ether oxygens (including phenoxy) is 2. The number of carbonyl (C=O) groups is 1. The summed E-state index contributed by atoms with van der Waals surface area (Å²) in [6.07, 6.45) is 2.24. The predicted molar refractivity (Wildman–Crippen MR) is 107 cm³/mol. The number of nitro groups is 1. The second kappa shape index (κ2) is 7.58. The molecule has 0 aliphatic carbocycles. The number of rotatable bonds is 4. The number of carbonyl (C=O) groups excluding carboxylic acids is 1. The molecule has 10 heteroatoms. The Hall–Kier alpha value is -3.95. The molecule has 10 nitrogen and oxygen atoms in total. The van der Waals surface area contributed by atoms with Gasteiger partial charge in [0.1, 0.15) is 11.4 Å². The van der Waals surface area contributed by atoms with Crippen LogP contribution in [0, 0.1) is 10.1 Å². The molecule has 2 aromatic heterocycles. The van der Waals surface area contributed by atoms with Gasteiger partial charge in [0.2, 0.25) is 11.6 Å². The van der Waals surface area contributed by atoms with Crippen LogP contribution in [-0.2, 0) is 4.74 Å². The van der Waals surface area contributed by atoms with Crippen LogP contribution >= 0.6 is 0 Å². The Balaban J connectivity index is 2.00. The number of benzene rings is 1. The average Bonchev–Trinajstić information content (AvgIpc) is 2.62. The molecule has 0 atom stereocenters. The summed E-state index contributed by atoms with van der Waals surface area (Å²) in [6.45, 7) is 5.27. The van der Waals surface area contributed by atoms with E-state index < -0.39 is 22.3 Å². The van der Waals surface area contributed by atoms with E-state index in [9.17, 15) is 14.9 Å². The number of nitrogens with two attached hydrogens (primary N) is 1. The molecule has 150 valence electrons. The van der Waals surface area contributed by atoms with Gasteiger partial charge in [0.25, 0.3) is 0 Å². The lowest BCUT2D eigenvalue weighted by Crippen LogP contribution is -2.27. The second-order valence-electron chi connectivity index (χ2n) is 7.04. The highest BCUT2D eigenvalue weighted by molar-refractivity contribution is 6.00. The van der Waals surface area contributed by atoms with Gasteiger partial charge in [-0.25, -0.2) is 9.78 Å². The maximum atomic E-state index is 12.1. The second-order valence-corrected chi connectivity index (χ2v) is 7.04. The van der Waals surface area contributed by atoms with Crippen molar-refractivity contribution in [3.63, 3.8) is 0 Å². The topological polar surface area (TPSA) is 142 Å². The zero-order valence-corrected chi connectivity index (χ0v) is 16.0. The number of nitrogen functional groups attached to an aromatic ring is 1. The first-order valence-electron chi connectivity index (χ1n) is 8.60. The third kappa shape index (κ3) is 4.49. The molecule has 3 aromatic rings. The Labute approximate surface area is 165 Å². The largest absolute Gasteiger partial charge is 0.449 e. The van der Waals surface area contributed by atoms with Crippen LogP contribution in [0.25, 0.3) is 10.9 Å². The predicted octanol–water partition coefficient (Wildman–Crippen LogP) is 4.26. The number of hydrogen-bond donors (Lipinski definition) is 2. The molecule has 0 spiro atoms. The summed E-state index contributed by atoms with van der Waals surface area (Å²) >= 11 is 0.